The molecular weight excluding hydrogens is 368 g/mol. The van der Waals surface area contributed by atoms with E-state index in [-0.39, 0.29) is 17.2 Å². The molecule has 2 aromatic carbocycles. The molecule has 0 radical (unpaired) electrons. The molecule has 1 aliphatic rings. The van der Waals surface area contributed by atoms with Crippen LogP contribution in [-0.2, 0) is 16.0 Å². The Balaban J connectivity index is 1.54. The van der Waals surface area contributed by atoms with E-state index in [1.807, 2.05) is 56.3 Å². The minimum Gasteiger partial charge on any atom is -0.410 e. The number of piperidine rings is 1. The van der Waals surface area contributed by atoms with Gasteiger partial charge >= 0.3 is 6.09 Å². The largest absolute Gasteiger partial charge is 0.419 e. The number of imide groups is 1. The van der Waals surface area contributed by atoms with Gasteiger partial charge in [0.15, 0.2) is 0 Å². The average Bonchev–Trinajstić information content (AvgIpc) is 2.67. The lowest BCUT2D eigenvalue weighted by molar-refractivity contribution is -0.152. The maximum absolute atomic E-state index is 12.3. The molecule has 6 nitrogen and oxygen atoms in total. The number of nitrogens with zero attached hydrogens (tertiary/aromatic N) is 2. The second-order valence-electron chi connectivity index (χ2n) is 8.11. The van der Waals surface area contributed by atoms with Crippen molar-refractivity contribution in [3.05, 3.63) is 60.2 Å². The summed E-state index contributed by atoms with van der Waals surface area (Å²) in [5, 5.41) is 0. The van der Waals surface area contributed by atoms with Gasteiger partial charge in [0.2, 0.25) is 11.8 Å². The molecule has 1 saturated heterocycles. The molecular formula is C23H26N2O4. The quantitative estimate of drug-likeness (QED) is 0.718. The molecule has 3 amide bonds. The highest BCUT2D eigenvalue weighted by atomic mass is 16.6. The molecule has 2 aromatic rings. The SMILES string of the molecule is CN(C(=O)Oc1ccc(CCN2C(=O)CC(C)(C)CC2=O)cc1)c1ccccc1. The number of para-hydroxylation sites is 1. The van der Waals surface area contributed by atoms with Crippen molar-refractivity contribution in [2.24, 2.45) is 5.41 Å². The van der Waals surface area contributed by atoms with Crippen LogP contribution in [0.5, 0.6) is 5.75 Å². The van der Waals surface area contributed by atoms with E-state index in [0.29, 0.717) is 31.6 Å². The Morgan fingerprint density at radius 3 is 2.17 bits per heavy atom. The average molecular weight is 394 g/mol. The van der Waals surface area contributed by atoms with Gasteiger partial charge in [-0.3, -0.25) is 19.4 Å². The van der Waals surface area contributed by atoms with Crippen molar-refractivity contribution in [3.63, 3.8) is 0 Å². The molecule has 0 unspecified atom stereocenters. The zero-order chi connectivity index (χ0) is 21.0. The topological polar surface area (TPSA) is 66.9 Å². The Labute approximate surface area is 171 Å². The molecule has 0 saturated carbocycles. The molecule has 3 rings (SSSR count). The zero-order valence-corrected chi connectivity index (χ0v) is 17.1. The summed E-state index contributed by atoms with van der Waals surface area (Å²) >= 11 is 0. The van der Waals surface area contributed by atoms with Crippen molar-refractivity contribution in [3.8, 4) is 5.75 Å². The smallest absolute Gasteiger partial charge is 0.410 e. The van der Waals surface area contributed by atoms with Crippen LogP contribution in [0.3, 0.4) is 0 Å². The van der Waals surface area contributed by atoms with Crippen LogP contribution in [0.15, 0.2) is 54.6 Å². The van der Waals surface area contributed by atoms with Gasteiger partial charge in [0.05, 0.1) is 0 Å². The second kappa shape index (κ2) is 8.47. The molecule has 1 heterocycles. The first-order valence-electron chi connectivity index (χ1n) is 9.68. The maximum atomic E-state index is 12.3. The van der Waals surface area contributed by atoms with E-state index in [0.717, 1.165) is 11.3 Å². The van der Waals surface area contributed by atoms with Crippen LogP contribution in [0.1, 0.15) is 32.3 Å². The summed E-state index contributed by atoms with van der Waals surface area (Å²) < 4.78 is 5.41. The fourth-order valence-corrected chi connectivity index (χ4v) is 3.35. The van der Waals surface area contributed by atoms with E-state index in [1.165, 1.54) is 9.80 Å². The molecule has 0 N–H and O–H groups in total. The molecule has 29 heavy (non-hydrogen) atoms. The number of hydrogen-bond acceptors (Lipinski definition) is 4. The summed E-state index contributed by atoms with van der Waals surface area (Å²) in [6.45, 7) is 4.24. The van der Waals surface area contributed by atoms with Crippen molar-refractivity contribution in [2.75, 3.05) is 18.5 Å². The van der Waals surface area contributed by atoms with E-state index >= 15 is 0 Å². The molecule has 1 fully saturated rings. The van der Waals surface area contributed by atoms with Gasteiger partial charge < -0.3 is 4.74 Å². The third-order valence-electron chi connectivity index (χ3n) is 5.03. The summed E-state index contributed by atoms with van der Waals surface area (Å²) in [5.74, 6) is 0.218. The fourth-order valence-electron chi connectivity index (χ4n) is 3.35. The van der Waals surface area contributed by atoms with Gasteiger partial charge in [-0.05, 0) is 41.7 Å². The van der Waals surface area contributed by atoms with E-state index < -0.39 is 6.09 Å². The van der Waals surface area contributed by atoms with Crippen LogP contribution in [0, 0.1) is 5.41 Å². The van der Waals surface area contributed by atoms with E-state index in [4.69, 9.17) is 4.74 Å². The molecule has 0 aliphatic carbocycles. The lowest BCUT2D eigenvalue weighted by Gasteiger charge is -2.34. The summed E-state index contributed by atoms with van der Waals surface area (Å²) in [7, 11) is 1.65. The number of benzene rings is 2. The van der Waals surface area contributed by atoms with Crippen LogP contribution in [0.2, 0.25) is 0 Å². The van der Waals surface area contributed by atoms with Crippen molar-refractivity contribution >= 4 is 23.6 Å². The van der Waals surface area contributed by atoms with Crippen molar-refractivity contribution < 1.29 is 19.1 Å². The van der Waals surface area contributed by atoms with E-state index in [9.17, 15) is 14.4 Å². The zero-order valence-electron chi connectivity index (χ0n) is 17.1. The Hall–Kier alpha value is -3.15. The number of anilines is 1. The first-order chi connectivity index (χ1) is 13.7. The first-order valence-corrected chi connectivity index (χ1v) is 9.68. The number of carbonyl (C=O) groups excluding carboxylic acids is 3. The molecule has 0 aromatic heterocycles. The molecule has 0 atom stereocenters. The predicted molar refractivity (Wildman–Crippen MR) is 111 cm³/mol. The standard InChI is InChI=1S/C23H26N2O4/c1-23(2)15-20(26)25(21(27)16-23)14-13-17-9-11-19(12-10-17)29-22(28)24(3)18-7-5-4-6-8-18/h4-12H,13-16H2,1-3H3. The van der Waals surface area contributed by atoms with Gasteiger partial charge in [-0.25, -0.2) is 4.79 Å². The number of rotatable bonds is 5. The molecule has 0 spiro atoms. The molecule has 152 valence electrons. The minimum absolute atomic E-state index is 0.110. The Morgan fingerprint density at radius 2 is 1.59 bits per heavy atom. The fraction of sp³-hybridized carbons (Fsp3) is 0.348. The van der Waals surface area contributed by atoms with Gasteiger partial charge in [0.25, 0.3) is 0 Å². The van der Waals surface area contributed by atoms with Gasteiger partial charge in [-0.1, -0.05) is 44.2 Å². The Kier molecular flexibility index (Phi) is 6.01. The molecule has 1 aliphatic heterocycles. The third-order valence-corrected chi connectivity index (χ3v) is 5.03. The molecule has 0 bridgehead atoms. The predicted octanol–water partition coefficient (Wildman–Crippen LogP) is 4.04. The van der Waals surface area contributed by atoms with Crippen LogP contribution < -0.4 is 9.64 Å². The van der Waals surface area contributed by atoms with Gasteiger partial charge in [-0.15, -0.1) is 0 Å². The highest BCUT2D eigenvalue weighted by Crippen LogP contribution is 2.31. The van der Waals surface area contributed by atoms with Gasteiger partial charge in [0, 0.05) is 32.1 Å². The first kappa shape index (κ1) is 20.6. The normalized spacial score (nSPS) is 15.9. The van der Waals surface area contributed by atoms with Gasteiger partial charge in [0.1, 0.15) is 5.75 Å². The van der Waals surface area contributed by atoms with Crippen molar-refractivity contribution in [1.82, 2.24) is 4.90 Å². The number of carbonyl (C=O) groups is 3. The van der Waals surface area contributed by atoms with Gasteiger partial charge in [-0.2, -0.15) is 0 Å². The van der Waals surface area contributed by atoms with E-state index in [2.05, 4.69) is 0 Å². The number of hydrogen-bond donors (Lipinski definition) is 0. The highest BCUT2D eigenvalue weighted by Gasteiger charge is 2.36. The summed E-state index contributed by atoms with van der Waals surface area (Å²) in [6.07, 6.45) is 0.873. The molecule has 6 heteroatoms. The number of amides is 3. The van der Waals surface area contributed by atoms with Crippen LogP contribution in [0.25, 0.3) is 0 Å². The summed E-state index contributed by atoms with van der Waals surface area (Å²) in [6, 6.07) is 16.4. The highest BCUT2D eigenvalue weighted by molar-refractivity contribution is 5.98. The lowest BCUT2D eigenvalue weighted by atomic mass is 9.81. The minimum atomic E-state index is -0.476. The second-order valence-corrected chi connectivity index (χ2v) is 8.11. The van der Waals surface area contributed by atoms with Crippen LogP contribution in [0.4, 0.5) is 10.5 Å². The summed E-state index contributed by atoms with van der Waals surface area (Å²) in [5.41, 5.74) is 1.45. The monoisotopic (exact) mass is 394 g/mol. The third kappa shape index (κ3) is 5.22. The number of ether oxygens (including phenoxy) is 1. The summed E-state index contributed by atoms with van der Waals surface area (Å²) in [4.78, 5) is 39.5. The van der Waals surface area contributed by atoms with E-state index in [1.54, 1.807) is 19.2 Å². The Morgan fingerprint density at radius 1 is 1.00 bits per heavy atom. The Bertz CT molecular complexity index is 871. The van der Waals surface area contributed by atoms with Crippen LogP contribution in [-0.4, -0.2) is 36.4 Å². The van der Waals surface area contributed by atoms with Crippen molar-refractivity contribution in [1.29, 1.82) is 0 Å². The van der Waals surface area contributed by atoms with Crippen molar-refractivity contribution in [2.45, 2.75) is 33.1 Å². The number of likely N-dealkylation sites (tertiary alicyclic amines) is 1. The lowest BCUT2D eigenvalue weighted by Crippen LogP contribution is -2.46. The van der Waals surface area contributed by atoms with Crippen LogP contribution >= 0.6 is 0 Å². The maximum Gasteiger partial charge on any atom is 0.419 e.